The van der Waals surface area contributed by atoms with Crippen molar-refractivity contribution in [3.63, 3.8) is 0 Å². The van der Waals surface area contributed by atoms with Crippen molar-refractivity contribution < 1.29 is 70.9 Å². The van der Waals surface area contributed by atoms with Crippen LogP contribution in [0.5, 0.6) is 5.75 Å². The molecule has 0 aliphatic heterocycles. The summed E-state index contributed by atoms with van der Waals surface area (Å²) in [7, 11) is -9.32. The van der Waals surface area contributed by atoms with Crippen LogP contribution in [0.15, 0.2) is 280 Å². The van der Waals surface area contributed by atoms with Gasteiger partial charge in [0.2, 0.25) is 0 Å². The molecule has 4 nitrogen and oxygen atoms in total. The third kappa shape index (κ3) is 27.8. The molecule has 0 bridgehead atoms. The first-order valence-corrected chi connectivity index (χ1v) is 34.1. The van der Waals surface area contributed by atoms with Gasteiger partial charge in [0, 0.05) is 16.7 Å². The maximum Gasteiger partial charge on any atom is 0.762 e. The molecule has 3 heterocycles. The van der Waals surface area contributed by atoms with E-state index in [-0.39, 0.29) is 35.8 Å². The minimum atomic E-state index is -3.67. The van der Waals surface area contributed by atoms with E-state index in [2.05, 4.69) is 315 Å². The fourth-order valence-corrected chi connectivity index (χ4v) is 10.9. The lowest BCUT2D eigenvalue weighted by atomic mass is 9.86. The molecule has 0 saturated carbocycles. The lowest BCUT2D eigenvalue weighted by Crippen LogP contribution is -3.00. The number of halogens is 12. The zero-order valence-electron chi connectivity index (χ0n) is 62.8. The maximum atomic E-state index is 9.67. The smallest absolute Gasteiger partial charge is 0.762 e. The van der Waals surface area contributed by atoms with Crippen LogP contribution >= 0.6 is 0 Å². The Morgan fingerprint density at radius 1 is 0.234 bits per heavy atom. The largest absolute Gasteiger partial charge is 1.00 e. The lowest BCUT2D eigenvalue weighted by molar-refractivity contribution is -0.001000. The predicted molar refractivity (Wildman–Crippen MR) is 416 cm³/mol. The molecule has 3 aromatic heterocycles. The highest BCUT2D eigenvalue weighted by Gasteiger charge is 2.26. The van der Waals surface area contributed by atoms with Crippen LogP contribution in [0, 0.1) is 13.8 Å². The Balaban J connectivity index is 0.000000312. The van der Waals surface area contributed by atoms with Gasteiger partial charge in [-0.05, 0) is 159 Å². The van der Waals surface area contributed by atoms with Crippen LogP contribution in [0.2, 0.25) is 0 Å². The van der Waals surface area contributed by atoms with Gasteiger partial charge in [-0.1, -0.05) is 240 Å². The van der Waals surface area contributed by atoms with Gasteiger partial charge in [0.05, 0.1) is 76.9 Å². The van der Waals surface area contributed by atoms with Crippen LogP contribution in [-0.4, -0.2) is 29.7 Å². The van der Waals surface area contributed by atoms with E-state index >= 15 is 0 Å². The monoisotopic (exact) mass is 1470 g/mol. The number of hydrogen-bond acceptors (Lipinski definition) is 1. The van der Waals surface area contributed by atoms with Crippen LogP contribution in [-0.2, 0) is 21.7 Å². The third-order valence-corrected chi connectivity index (χ3v) is 16.8. The predicted octanol–water partition coefficient (Wildman–Crippen LogP) is 19.2. The summed E-state index contributed by atoms with van der Waals surface area (Å²) in [5.74, 6) is 6.05. The summed E-state index contributed by atoms with van der Waals surface area (Å²) in [4.78, 5) is 0. The number of rotatable bonds is 10. The fraction of sp³-hybridized carbons (Fsp3) is 0.216. The van der Waals surface area contributed by atoms with Crippen LogP contribution < -0.4 is 18.9 Å². The summed E-state index contributed by atoms with van der Waals surface area (Å²) in [6, 6.07) is 93.7. The van der Waals surface area contributed by atoms with Crippen LogP contribution in [0.25, 0.3) is 101 Å². The number of benzene rings is 9. The van der Waals surface area contributed by atoms with Crippen molar-refractivity contribution in [2.24, 2.45) is 0 Å². The van der Waals surface area contributed by atoms with E-state index in [4.69, 9.17) is 18.0 Å². The average Bonchev–Trinajstić information content (AvgIpc) is 0.802. The molecule has 0 aliphatic rings. The van der Waals surface area contributed by atoms with Gasteiger partial charge in [0.1, 0.15) is 5.75 Å². The highest BCUT2D eigenvalue weighted by Crippen LogP contribution is 2.39. The van der Waals surface area contributed by atoms with Crippen molar-refractivity contribution in [2.45, 2.75) is 119 Å². The second-order valence-electron chi connectivity index (χ2n) is 29.0. The summed E-state index contributed by atoms with van der Waals surface area (Å²) < 4.78 is 111. The van der Waals surface area contributed by atoms with Crippen molar-refractivity contribution in [1.29, 1.82) is 0 Å². The Hall–Kier alpha value is -10.4. The van der Waals surface area contributed by atoms with Gasteiger partial charge in [-0.3, -0.25) is 38.8 Å². The van der Waals surface area contributed by atoms with Gasteiger partial charge in [0.15, 0.2) is 0 Å². The second kappa shape index (κ2) is 40.3. The summed E-state index contributed by atoms with van der Waals surface area (Å²) in [6.07, 6.45) is 0. The van der Waals surface area contributed by atoms with Crippen LogP contribution in [0.4, 0.5) is 38.8 Å². The molecule has 0 radical (unpaired) electrons. The average molecular weight is 1470 g/mol. The molecule has 0 amide bonds. The first-order chi connectivity index (χ1) is 49.0. The Bertz CT molecular complexity index is 4170. The van der Waals surface area contributed by atoms with Gasteiger partial charge in [-0.25, -0.2) is 13.3 Å². The van der Waals surface area contributed by atoms with Crippen molar-refractivity contribution in [3.05, 3.63) is 300 Å². The van der Waals surface area contributed by atoms with E-state index in [1.807, 2.05) is 48.5 Å². The number of methoxy groups -OCH3 is 1. The number of hydrogen-bond donors (Lipinski definition) is 0. The van der Waals surface area contributed by atoms with Gasteiger partial charge >= 0.3 is 57.2 Å². The van der Waals surface area contributed by atoms with Crippen LogP contribution in [0.3, 0.4) is 0 Å². The fourth-order valence-electron chi connectivity index (χ4n) is 10.9. The second-order valence-corrected chi connectivity index (χ2v) is 29.0. The molecule has 19 heteroatoms. The van der Waals surface area contributed by atoms with E-state index in [0.29, 0.717) is 0 Å². The summed E-state index contributed by atoms with van der Waals surface area (Å²) >= 11 is 0. The summed E-state index contributed by atoms with van der Waals surface area (Å²) in [5, 5.41) is 0. The molecule has 0 N–H and O–H groups in total. The number of aryl methyl sites for hydroxylation is 2. The zero-order valence-corrected chi connectivity index (χ0v) is 62.8. The van der Waals surface area contributed by atoms with Gasteiger partial charge in [-0.2, -0.15) is 0 Å². The minimum Gasteiger partial charge on any atom is -1.00 e. The molecule has 0 atom stereocenters. The molecular formula is C88H89B3F12O4. The molecule has 0 aliphatic carbocycles. The minimum absolute atomic E-state index is 0. The topological polar surface area (TPSA) is 43.1 Å². The SMILES string of the molecule is COc1ccc(-c2cc(-c3ccccc3)[o+]c(-c3ccccc3)c2)cc1.Cc1ccc(-c2cc(-c3ccc(C(C)(C)C)cc3)cc(-c3ccc(C(C)(C)C)cc3)[o+]2)cc1.Cc1ccc(-c2cc(-c3ccc(C(C)(C)C)cc3)cc(-c3ccc(C(C)(C)C)cc3)[o+]2)cc1.FB(F)F.FB(F)F.FB(F)F.[F-].[F-].[F-]. The molecule has 0 unspecified atom stereocenters. The normalized spacial score (nSPS) is 10.8. The zero-order chi connectivity index (χ0) is 76.1. The number of ether oxygens (including phenoxy) is 1. The van der Waals surface area contributed by atoms with Crippen molar-refractivity contribution >= 4 is 22.6 Å². The van der Waals surface area contributed by atoms with E-state index in [1.54, 1.807) is 7.11 Å². The Morgan fingerprint density at radius 2 is 0.402 bits per heavy atom. The maximum absolute atomic E-state index is 9.67. The van der Waals surface area contributed by atoms with Crippen molar-refractivity contribution in [2.75, 3.05) is 7.11 Å². The van der Waals surface area contributed by atoms with Gasteiger partial charge in [-0.15, -0.1) is 0 Å². The third-order valence-electron chi connectivity index (χ3n) is 16.8. The molecule has 12 aromatic rings. The first-order valence-electron chi connectivity index (χ1n) is 34.1. The van der Waals surface area contributed by atoms with Gasteiger partial charge < -0.3 is 18.9 Å². The van der Waals surface area contributed by atoms with E-state index < -0.39 is 22.6 Å². The first kappa shape index (κ1) is 89.0. The quantitative estimate of drug-likeness (QED) is 0.0777. The molecule has 0 fully saturated rings. The highest BCUT2D eigenvalue weighted by molar-refractivity contribution is 6.33. The van der Waals surface area contributed by atoms with Gasteiger partial charge in [0.25, 0.3) is 0 Å². The van der Waals surface area contributed by atoms with E-state index in [1.165, 1.54) is 44.5 Å². The highest BCUT2D eigenvalue weighted by atomic mass is 19.4. The molecular weight excluding hydrogens is 1380 g/mol. The van der Waals surface area contributed by atoms with Crippen LogP contribution in [0.1, 0.15) is 116 Å². The molecule has 0 saturated heterocycles. The molecule has 12 rings (SSSR count). The lowest BCUT2D eigenvalue weighted by Gasteiger charge is -2.19. The molecule has 0 spiro atoms. The molecule has 107 heavy (non-hydrogen) atoms. The summed E-state index contributed by atoms with van der Waals surface area (Å²) in [5.41, 5.74) is 21.7. The van der Waals surface area contributed by atoms with E-state index in [9.17, 15) is 38.8 Å². The molecule has 558 valence electrons. The Kier molecular flexibility index (Phi) is 33.6. The Morgan fingerprint density at radius 3 is 0.589 bits per heavy atom. The summed E-state index contributed by atoms with van der Waals surface area (Å²) in [6.45, 7) is 31.1. The Labute approximate surface area is 623 Å². The standard InChI is InChI=1S/2C32H35O.C24H19O2.3BF3.3FH/c2*1-22-8-10-24(11-9-22)29-20-26(23-12-16-27(17-13-23)31(2,3)4)21-30(33-29)25-14-18-28(19-15-25)32(5,6)7;1-25-22-14-12-18(13-15-22)21-16-23(19-8-4-2-5-9-19)26-24(17-21)20-10-6-3-7-11-20;3*2-1(3)4;;;/h2*8-21H,1-7H3;2-17H,1H3;;;;3*1H/q3*+1;;;;;;/p-3. The van der Waals surface area contributed by atoms with Crippen molar-refractivity contribution in [3.8, 4) is 107 Å². The van der Waals surface area contributed by atoms with E-state index in [0.717, 1.165) is 95.9 Å². The molecule has 9 aromatic carbocycles. The van der Waals surface area contributed by atoms with Crippen molar-refractivity contribution in [1.82, 2.24) is 0 Å².